The van der Waals surface area contributed by atoms with Crippen LogP contribution in [0.25, 0.3) is 0 Å². The zero-order chi connectivity index (χ0) is 23.7. The van der Waals surface area contributed by atoms with E-state index in [-0.39, 0.29) is 0 Å². The van der Waals surface area contributed by atoms with Crippen LogP contribution in [-0.2, 0) is 33.3 Å². The van der Waals surface area contributed by atoms with Crippen LogP contribution >= 0.6 is 0 Å². The van der Waals surface area contributed by atoms with E-state index in [4.69, 9.17) is 9.47 Å². The van der Waals surface area contributed by atoms with Gasteiger partial charge in [0.15, 0.2) is 0 Å². The minimum atomic E-state index is -1.34. The zero-order valence-electron chi connectivity index (χ0n) is 18.7. The van der Waals surface area contributed by atoms with Crippen LogP contribution in [0.15, 0.2) is 0 Å². The summed E-state index contributed by atoms with van der Waals surface area (Å²) in [7, 11) is 2.19. The molecule has 172 valence electrons. The monoisotopic (exact) mass is 432 g/mol. The Morgan fingerprint density at radius 3 is 1.20 bits per heavy atom. The third-order valence-electron chi connectivity index (χ3n) is 3.22. The molecule has 2 N–H and O–H groups in total. The van der Waals surface area contributed by atoms with E-state index < -0.39 is 66.0 Å². The lowest BCUT2D eigenvalue weighted by Crippen LogP contribution is -2.47. The van der Waals surface area contributed by atoms with Crippen LogP contribution < -0.4 is 10.6 Å². The molecule has 0 aromatic heterocycles. The fourth-order valence-corrected chi connectivity index (χ4v) is 2.11. The maximum absolute atomic E-state index is 12.4. The third-order valence-corrected chi connectivity index (χ3v) is 3.22. The van der Waals surface area contributed by atoms with Gasteiger partial charge >= 0.3 is 24.1 Å². The molecule has 0 aliphatic carbocycles. The number of Topliss-reactive ketones (excluding diaryl/α,β-unsaturated/α-hetero) is 1. The summed E-state index contributed by atoms with van der Waals surface area (Å²) in [5, 5.41) is 4.52. The number of ether oxygens (including phenoxy) is 4. The van der Waals surface area contributed by atoms with Gasteiger partial charge in [0, 0.05) is 12.8 Å². The first-order valence-corrected chi connectivity index (χ1v) is 9.24. The third kappa shape index (κ3) is 11.9. The lowest BCUT2D eigenvalue weighted by Gasteiger charge is -2.23. The van der Waals surface area contributed by atoms with Gasteiger partial charge < -0.3 is 29.6 Å². The Balaban J connectivity index is 5.16. The van der Waals surface area contributed by atoms with Gasteiger partial charge in [-0.25, -0.2) is 19.2 Å². The van der Waals surface area contributed by atoms with Crippen molar-refractivity contribution in [2.45, 2.75) is 77.7 Å². The minimum Gasteiger partial charge on any atom is -0.467 e. The lowest BCUT2D eigenvalue weighted by molar-refractivity contribution is -0.145. The number of nitrogens with one attached hydrogen (secondary N) is 2. The average Bonchev–Trinajstić information content (AvgIpc) is 2.55. The first-order chi connectivity index (χ1) is 13.6. The quantitative estimate of drug-likeness (QED) is 0.430. The number of rotatable bonds is 8. The molecule has 2 atom stereocenters. The van der Waals surface area contributed by atoms with E-state index >= 15 is 0 Å². The summed E-state index contributed by atoms with van der Waals surface area (Å²) in [6, 6.07) is -2.67. The summed E-state index contributed by atoms with van der Waals surface area (Å²) >= 11 is 0. The van der Waals surface area contributed by atoms with Crippen molar-refractivity contribution in [1.82, 2.24) is 10.6 Å². The molecule has 0 aromatic rings. The second-order valence-corrected chi connectivity index (χ2v) is 8.39. The molecule has 2 amide bonds. The molecule has 0 spiro atoms. The SMILES string of the molecule is COC(=O)[C@H](CC(=O)C[C@H](NC(=O)OC(C)(C)C)C(=O)OC)NC(=O)OC(C)(C)C. The van der Waals surface area contributed by atoms with Crippen LogP contribution in [-0.4, -0.2) is 67.4 Å². The Kier molecular flexibility index (Phi) is 10.3. The molecule has 0 radical (unpaired) electrons. The maximum Gasteiger partial charge on any atom is 0.408 e. The van der Waals surface area contributed by atoms with Gasteiger partial charge in [-0.1, -0.05) is 0 Å². The zero-order valence-corrected chi connectivity index (χ0v) is 18.7. The van der Waals surface area contributed by atoms with Crippen LogP contribution in [0.3, 0.4) is 0 Å². The highest BCUT2D eigenvalue weighted by Crippen LogP contribution is 2.10. The van der Waals surface area contributed by atoms with Gasteiger partial charge in [0.25, 0.3) is 0 Å². The van der Waals surface area contributed by atoms with E-state index in [1.165, 1.54) is 0 Å². The van der Waals surface area contributed by atoms with E-state index in [2.05, 4.69) is 20.1 Å². The first kappa shape index (κ1) is 27.1. The van der Waals surface area contributed by atoms with Crippen LogP contribution in [0, 0.1) is 0 Å². The number of amides is 2. The molecule has 11 heteroatoms. The highest BCUT2D eigenvalue weighted by atomic mass is 16.6. The van der Waals surface area contributed by atoms with Crippen molar-refractivity contribution < 1.29 is 42.9 Å². The van der Waals surface area contributed by atoms with Crippen molar-refractivity contribution in [3.63, 3.8) is 0 Å². The summed E-state index contributed by atoms with van der Waals surface area (Å²) in [4.78, 5) is 60.2. The Bertz CT molecular complexity index is 593. The van der Waals surface area contributed by atoms with Gasteiger partial charge in [-0.3, -0.25) is 4.79 Å². The fourth-order valence-electron chi connectivity index (χ4n) is 2.11. The highest BCUT2D eigenvalue weighted by Gasteiger charge is 2.31. The van der Waals surface area contributed by atoms with Crippen molar-refractivity contribution in [2.24, 2.45) is 0 Å². The van der Waals surface area contributed by atoms with Crippen LogP contribution in [0.1, 0.15) is 54.4 Å². The summed E-state index contributed by atoms with van der Waals surface area (Å²) in [5.74, 6) is -2.36. The number of hydrogen-bond acceptors (Lipinski definition) is 9. The molecule has 0 aromatic carbocycles. The smallest absolute Gasteiger partial charge is 0.408 e. The van der Waals surface area contributed by atoms with Gasteiger partial charge in [0.2, 0.25) is 0 Å². The van der Waals surface area contributed by atoms with E-state index in [1.54, 1.807) is 41.5 Å². The van der Waals surface area contributed by atoms with Crippen LogP contribution in [0.4, 0.5) is 9.59 Å². The number of ketones is 1. The molecule has 0 aliphatic rings. The van der Waals surface area contributed by atoms with E-state index in [9.17, 15) is 24.0 Å². The molecular weight excluding hydrogens is 400 g/mol. The molecule has 11 nitrogen and oxygen atoms in total. The minimum absolute atomic E-state index is 0.491. The molecular formula is C19H32N2O9. The number of alkyl carbamates (subject to hydrolysis) is 2. The molecule has 0 fully saturated rings. The Labute approximate surface area is 176 Å². The fraction of sp³-hybridized carbons (Fsp3) is 0.737. The predicted molar refractivity (Wildman–Crippen MR) is 105 cm³/mol. The molecule has 0 aliphatic heterocycles. The number of hydrogen-bond donors (Lipinski definition) is 2. The van der Waals surface area contributed by atoms with Gasteiger partial charge in [-0.05, 0) is 41.5 Å². The summed E-state index contributed by atoms with van der Waals surface area (Å²) in [6.45, 7) is 9.80. The normalized spacial score (nSPS) is 13.3. The van der Waals surface area contributed by atoms with E-state index in [0.717, 1.165) is 14.2 Å². The summed E-state index contributed by atoms with van der Waals surface area (Å²) in [5.41, 5.74) is -1.63. The van der Waals surface area contributed by atoms with E-state index in [0.29, 0.717) is 0 Å². The van der Waals surface area contributed by atoms with Crippen molar-refractivity contribution in [3.05, 3.63) is 0 Å². The van der Waals surface area contributed by atoms with Crippen molar-refractivity contribution in [2.75, 3.05) is 14.2 Å². The van der Waals surface area contributed by atoms with Crippen LogP contribution in [0.5, 0.6) is 0 Å². The van der Waals surface area contributed by atoms with Gasteiger partial charge in [-0.15, -0.1) is 0 Å². The Morgan fingerprint density at radius 2 is 0.967 bits per heavy atom. The molecule has 0 heterocycles. The molecule has 30 heavy (non-hydrogen) atoms. The van der Waals surface area contributed by atoms with Crippen molar-refractivity contribution in [3.8, 4) is 0 Å². The topological polar surface area (TPSA) is 146 Å². The second kappa shape index (κ2) is 11.4. The summed E-state index contributed by atoms with van der Waals surface area (Å²) in [6.07, 6.45) is -2.81. The highest BCUT2D eigenvalue weighted by molar-refractivity contribution is 5.92. The number of carbonyl (C=O) groups is 5. The molecule has 0 saturated carbocycles. The number of carbonyl (C=O) groups excluding carboxylic acids is 5. The first-order valence-electron chi connectivity index (χ1n) is 9.24. The molecule has 0 rings (SSSR count). The number of esters is 2. The number of methoxy groups -OCH3 is 2. The van der Waals surface area contributed by atoms with Crippen LogP contribution in [0.2, 0.25) is 0 Å². The molecule has 0 unspecified atom stereocenters. The van der Waals surface area contributed by atoms with Gasteiger partial charge in [-0.2, -0.15) is 0 Å². The second-order valence-electron chi connectivity index (χ2n) is 8.39. The molecule has 0 saturated heterocycles. The van der Waals surface area contributed by atoms with Gasteiger partial charge in [0.05, 0.1) is 14.2 Å². The van der Waals surface area contributed by atoms with E-state index in [1.807, 2.05) is 0 Å². The predicted octanol–water partition coefficient (Wildman–Crippen LogP) is 1.47. The maximum atomic E-state index is 12.4. The Hall–Kier alpha value is -2.85. The van der Waals surface area contributed by atoms with Gasteiger partial charge in [0.1, 0.15) is 29.1 Å². The van der Waals surface area contributed by atoms with Crippen molar-refractivity contribution in [1.29, 1.82) is 0 Å². The average molecular weight is 432 g/mol. The lowest BCUT2D eigenvalue weighted by atomic mass is 10.0. The standard InChI is InChI=1S/C19H32N2O9/c1-18(2,3)29-16(25)20-12(14(23)27-7)9-11(22)10-13(15(24)28-8)21-17(26)30-19(4,5)6/h12-13H,9-10H2,1-8H3,(H,20,25)(H,21,26)/t12-,13-/m0/s1. The largest absolute Gasteiger partial charge is 0.467 e. The summed E-state index contributed by atoms with van der Waals surface area (Å²) < 4.78 is 19.3. The van der Waals surface area contributed by atoms with Crippen molar-refractivity contribution >= 4 is 29.9 Å². The molecule has 0 bridgehead atoms. The Morgan fingerprint density at radius 1 is 0.667 bits per heavy atom.